The number of methoxy groups -OCH3 is 1. The Kier molecular flexibility index (Phi) is 9.64. The van der Waals surface area contributed by atoms with Crippen molar-refractivity contribution in [3.63, 3.8) is 0 Å². The predicted molar refractivity (Wildman–Crippen MR) is 208 cm³/mol. The first-order chi connectivity index (χ1) is 28.1. The second-order valence-corrected chi connectivity index (χ2v) is 15.5. The number of rotatable bonds is 9. The number of pyridine rings is 2. The number of benzene rings is 2. The Labute approximate surface area is 331 Å². The maximum atomic E-state index is 17.1. The molecule has 4 saturated heterocycles. The van der Waals surface area contributed by atoms with E-state index in [9.17, 15) is 18.7 Å². The third-order valence-corrected chi connectivity index (χ3v) is 11.9. The van der Waals surface area contributed by atoms with Gasteiger partial charge in [0, 0.05) is 56.4 Å². The third-order valence-electron chi connectivity index (χ3n) is 11.9. The number of ether oxygens (including phenoxy) is 2. The number of fused-ring (bicyclic) bond motifs is 5. The van der Waals surface area contributed by atoms with Crippen LogP contribution in [-0.4, -0.2) is 104 Å². The molecular formula is C43H39F4N7O4. The Bertz CT molecular complexity index is 2540. The van der Waals surface area contributed by atoms with Gasteiger partial charge < -0.3 is 24.4 Å². The van der Waals surface area contributed by atoms with Crippen molar-refractivity contribution in [2.24, 2.45) is 0 Å². The maximum Gasteiger partial charge on any atom is 0.319 e. The molecule has 1 amide bonds. The van der Waals surface area contributed by atoms with Crippen molar-refractivity contribution in [1.82, 2.24) is 29.7 Å². The number of anilines is 1. The van der Waals surface area contributed by atoms with Crippen LogP contribution < -0.4 is 9.64 Å². The minimum atomic E-state index is -0.996. The zero-order chi connectivity index (χ0) is 40.3. The molecule has 0 radical (unpaired) electrons. The number of amides is 1. The molecule has 4 atom stereocenters. The van der Waals surface area contributed by atoms with Crippen molar-refractivity contribution in [2.45, 2.75) is 62.5 Å². The highest BCUT2D eigenvalue weighted by molar-refractivity contribution is 6.03. The number of hydrogen-bond donors (Lipinski definition) is 1. The number of carbonyl (C=O) groups is 1. The first kappa shape index (κ1) is 37.7. The molecule has 9 rings (SSSR count). The van der Waals surface area contributed by atoms with Crippen molar-refractivity contribution in [2.75, 3.05) is 44.8 Å². The molecule has 0 aliphatic carbocycles. The number of terminal acetylenes is 1. The van der Waals surface area contributed by atoms with Crippen LogP contribution in [0.15, 0.2) is 54.5 Å². The third kappa shape index (κ3) is 6.54. The van der Waals surface area contributed by atoms with Gasteiger partial charge in [-0.15, -0.1) is 6.42 Å². The Hall–Kier alpha value is -5.85. The van der Waals surface area contributed by atoms with Gasteiger partial charge in [-0.25, -0.2) is 17.6 Å². The monoisotopic (exact) mass is 793 g/mol. The molecule has 4 aliphatic heterocycles. The van der Waals surface area contributed by atoms with Gasteiger partial charge in [0.2, 0.25) is 0 Å². The van der Waals surface area contributed by atoms with Crippen molar-refractivity contribution < 1.29 is 36.9 Å². The van der Waals surface area contributed by atoms with Gasteiger partial charge in [-0.1, -0.05) is 18.1 Å². The fourth-order valence-electron chi connectivity index (χ4n) is 9.44. The number of alkyl halides is 1. The van der Waals surface area contributed by atoms with Crippen LogP contribution in [-0.2, 0) is 16.1 Å². The molecule has 4 aliphatic rings. The van der Waals surface area contributed by atoms with Gasteiger partial charge >= 0.3 is 6.01 Å². The summed E-state index contributed by atoms with van der Waals surface area (Å²) in [4.78, 5) is 37.4. The quantitative estimate of drug-likeness (QED) is 0.101. The highest BCUT2D eigenvalue weighted by Crippen LogP contribution is 2.43. The Morgan fingerprint density at radius 2 is 1.91 bits per heavy atom. The van der Waals surface area contributed by atoms with Crippen LogP contribution in [0.5, 0.6) is 11.8 Å². The van der Waals surface area contributed by atoms with Crippen molar-refractivity contribution in [3.05, 3.63) is 83.1 Å². The fourth-order valence-corrected chi connectivity index (χ4v) is 9.44. The lowest BCUT2D eigenvalue weighted by Gasteiger charge is -2.41. The Morgan fingerprint density at radius 1 is 1.10 bits per heavy atom. The van der Waals surface area contributed by atoms with E-state index in [0.717, 1.165) is 25.5 Å². The number of aromatic hydroxyl groups is 1. The molecule has 298 valence electrons. The van der Waals surface area contributed by atoms with Gasteiger partial charge in [-0.05, 0) is 67.9 Å². The van der Waals surface area contributed by atoms with E-state index >= 15 is 8.78 Å². The molecule has 1 N–H and O–H groups in total. The molecule has 58 heavy (non-hydrogen) atoms. The minimum absolute atomic E-state index is 0.0609. The summed E-state index contributed by atoms with van der Waals surface area (Å²) in [6.07, 6.45) is 10.4. The summed E-state index contributed by atoms with van der Waals surface area (Å²) in [5, 5.41) is 11.5. The standard InChI is InChI=1S/C43H39F4N7O4/c1-3-31-34(45)11-8-24-14-30(55)16-32(36(24)31)38-37(47)39-33(18-48-38)40(51-42(50-39)58-23-43-12-5-13-53(43)19-25(44)17-43)52-20-28-9-10-29(21-52)54(28)41(56)35(46)15-26-6-4-7-27(49-26)22-57-2/h1,4,6-8,11,14-16,18,25,28-29,55H,5,9-10,12-13,17,19-23H2,2H3/b35-15-/t25-,28?,29?,43+/m1/s1. The summed E-state index contributed by atoms with van der Waals surface area (Å²) in [7, 11) is 1.53. The molecule has 2 aromatic carbocycles. The number of nitrogens with zero attached hydrogens (tertiary/aromatic N) is 7. The first-order valence-electron chi connectivity index (χ1n) is 19.3. The van der Waals surface area contributed by atoms with Crippen LogP contribution >= 0.6 is 0 Å². The highest BCUT2D eigenvalue weighted by Gasteiger charge is 2.50. The fraction of sp³-hybridized carbons (Fsp3) is 0.372. The van der Waals surface area contributed by atoms with E-state index < -0.39 is 47.2 Å². The van der Waals surface area contributed by atoms with Gasteiger partial charge in [-0.2, -0.15) is 9.97 Å². The predicted octanol–water partition coefficient (Wildman–Crippen LogP) is 6.50. The lowest BCUT2D eigenvalue weighted by molar-refractivity contribution is -0.131. The molecule has 4 fully saturated rings. The summed E-state index contributed by atoms with van der Waals surface area (Å²) >= 11 is 0. The van der Waals surface area contributed by atoms with Crippen molar-refractivity contribution >= 4 is 39.5 Å². The van der Waals surface area contributed by atoms with E-state index in [1.54, 1.807) is 23.1 Å². The molecule has 15 heteroatoms. The second kappa shape index (κ2) is 14.8. The van der Waals surface area contributed by atoms with E-state index in [1.807, 2.05) is 4.90 Å². The number of aromatic nitrogens is 4. The van der Waals surface area contributed by atoms with E-state index in [4.69, 9.17) is 20.9 Å². The Balaban J connectivity index is 1.09. The van der Waals surface area contributed by atoms with E-state index in [-0.39, 0.29) is 71.2 Å². The number of piperazine rings is 1. The second-order valence-electron chi connectivity index (χ2n) is 15.5. The van der Waals surface area contributed by atoms with E-state index in [2.05, 4.69) is 25.8 Å². The van der Waals surface area contributed by atoms with Gasteiger partial charge in [0.25, 0.3) is 5.91 Å². The number of phenols is 1. The lowest BCUT2D eigenvalue weighted by atomic mass is 9.95. The average molecular weight is 794 g/mol. The molecule has 0 saturated carbocycles. The van der Waals surface area contributed by atoms with Crippen LogP contribution in [0.3, 0.4) is 0 Å². The zero-order valence-electron chi connectivity index (χ0n) is 31.6. The molecule has 2 unspecified atom stereocenters. The largest absolute Gasteiger partial charge is 0.508 e. The molecule has 7 heterocycles. The average Bonchev–Trinajstić information content (AvgIpc) is 3.83. The topological polar surface area (TPSA) is 117 Å². The van der Waals surface area contributed by atoms with Crippen LogP contribution in [0, 0.1) is 24.0 Å². The first-order valence-corrected chi connectivity index (χ1v) is 19.3. The van der Waals surface area contributed by atoms with Crippen molar-refractivity contribution in [1.29, 1.82) is 0 Å². The summed E-state index contributed by atoms with van der Waals surface area (Å²) in [5.74, 6) is -0.831. The van der Waals surface area contributed by atoms with E-state index in [0.29, 0.717) is 48.4 Å². The summed E-state index contributed by atoms with van der Waals surface area (Å²) in [6.45, 7) is 1.87. The molecule has 11 nitrogen and oxygen atoms in total. The maximum absolute atomic E-state index is 17.1. The van der Waals surface area contributed by atoms with Crippen LogP contribution in [0.4, 0.5) is 23.4 Å². The minimum Gasteiger partial charge on any atom is -0.508 e. The van der Waals surface area contributed by atoms with Crippen LogP contribution in [0.2, 0.25) is 0 Å². The molecule has 3 aromatic heterocycles. The number of carbonyl (C=O) groups excluding carboxylic acids is 1. The zero-order valence-corrected chi connectivity index (χ0v) is 31.6. The van der Waals surface area contributed by atoms with Crippen LogP contribution in [0.25, 0.3) is 39.0 Å². The lowest BCUT2D eigenvalue weighted by Crippen LogP contribution is -2.56. The Morgan fingerprint density at radius 3 is 2.69 bits per heavy atom. The summed E-state index contributed by atoms with van der Waals surface area (Å²) in [5.41, 5.74) is -0.0966. The van der Waals surface area contributed by atoms with Crippen molar-refractivity contribution in [3.8, 4) is 35.4 Å². The molecule has 5 aromatic rings. The number of hydrogen-bond acceptors (Lipinski definition) is 10. The smallest absolute Gasteiger partial charge is 0.319 e. The van der Waals surface area contributed by atoms with Gasteiger partial charge in [0.05, 0.1) is 46.6 Å². The summed E-state index contributed by atoms with van der Waals surface area (Å²) in [6, 6.07) is 9.43. The highest BCUT2D eigenvalue weighted by atomic mass is 19.1. The van der Waals surface area contributed by atoms with Gasteiger partial charge in [0.15, 0.2) is 11.6 Å². The van der Waals surface area contributed by atoms with Crippen LogP contribution in [0.1, 0.15) is 49.1 Å². The molecule has 2 bridgehead atoms. The normalized spacial score (nSPS) is 23.2. The summed E-state index contributed by atoms with van der Waals surface area (Å²) < 4.78 is 73.8. The van der Waals surface area contributed by atoms with E-state index in [1.165, 1.54) is 37.6 Å². The number of phenolic OH excluding ortho intramolecular Hbond substituents is 1. The molecular weight excluding hydrogens is 755 g/mol. The molecule has 0 spiro atoms. The van der Waals surface area contributed by atoms with Gasteiger partial charge in [0.1, 0.15) is 41.4 Å². The van der Waals surface area contributed by atoms with Gasteiger partial charge in [-0.3, -0.25) is 19.7 Å². The SMILES string of the molecule is C#Cc1c(F)ccc2cc(O)cc(-c3ncc4c(N5CC6CCC(C5)N6C(=O)/C(F)=C/c5cccc(COC)n5)nc(OC[C@@]56CCCN5C[C@H](F)C6)nc4c3F)c12. The number of halogens is 4.